The molecule has 0 radical (unpaired) electrons. The zero-order valence-corrected chi connectivity index (χ0v) is 48.5. The highest BCUT2D eigenvalue weighted by Crippen LogP contribution is 2.53. The molecule has 390 valence electrons. The van der Waals surface area contributed by atoms with Gasteiger partial charge in [0.25, 0.3) is 0 Å². The molecule has 5 aromatic heterocycles. The van der Waals surface area contributed by atoms with Crippen LogP contribution in [0.15, 0.2) is 51.2 Å². The standard InChI is InChI=1S/C63H80N2O4S4/c1-9-13-17-21-25-41-35-51(70-49(41)39-46(40-64)60(66)67)57-43(27-23-19-15-11-3)37-53(72-57)59-44(28-24-20-16-12-4)38-52(73-59)58-42(26-22-18-14-10-2)36-50(71-58)47-33-45-34-48-55-54(56(45)69-61(47)68)63(7,8)30-32-65(55)31-29-62(48,5)6/h33-39H,9-32H2,1-8H3,(H,66,67)/b46-39+. The van der Waals surface area contributed by atoms with E-state index in [1.165, 1.54) is 127 Å². The number of carbonyl (C=O) groups is 1. The number of aryl methyl sites for hydroxylation is 4. The van der Waals surface area contributed by atoms with Crippen molar-refractivity contribution in [2.45, 2.75) is 207 Å². The predicted molar refractivity (Wildman–Crippen MR) is 316 cm³/mol. The Kier molecular flexibility index (Phi) is 18.5. The van der Waals surface area contributed by atoms with Crippen molar-refractivity contribution >= 4 is 74.0 Å². The maximum atomic E-state index is 14.5. The third-order valence-electron chi connectivity index (χ3n) is 15.8. The molecule has 0 atom stereocenters. The molecule has 0 amide bonds. The van der Waals surface area contributed by atoms with E-state index < -0.39 is 5.97 Å². The number of carboxylic acid groups (broad SMARTS) is 1. The first-order valence-corrected chi connectivity index (χ1v) is 31.3. The average Bonchev–Trinajstić information content (AvgIpc) is 4.18. The fourth-order valence-corrected chi connectivity index (χ4v) is 16.5. The largest absolute Gasteiger partial charge is 0.477 e. The molecule has 0 unspecified atom stereocenters. The van der Waals surface area contributed by atoms with Crippen LogP contribution in [0.1, 0.15) is 209 Å². The number of aliphatic carboxylic acids is 1. The van der Waals surface area contributed by atoms with Gasteiger partial charge in [-0.3, -0.25) is 0 Å². The summed E-state index contributed by atoms with van der Waals surface area (Å²) in [5, 5.41) is 20.7. The van der Waals surface area contributed by atoms with Gasteiger partial charge in [0.1, 0.15) is 17.2 Å². The number of fused-ring (bicyclic) bond motifs is 2. The minimum Gasteiger partial charge on any atom is -0.477 e. The number of carboxylic acids is 1. The molecule has 0 spiro atoms. The highest BCUT2D eigenvalue weighted by molar-refractivity contribution is 7.29. The average molecular weight is 1060 g/mol. The lowest BCUT2D eigenvalue weighted by Crippen LogP contribution is -2.44. The van der Waals surface area contributed by atoms with Crippen LogP contribution in [0.4, 0.5) is 5.69 Å². The zero-order chi connectivity index (χ0) is 51.9. The minimum atomic E-state index is -1.18. The molecular weight excluding hydrogens is 977 g/mol. The Balaban J connectivity index is 1.25. The van der Waals surface area contributed by atoms with Gasteiger partial charge < -0.3 is 14.4 Å². The number of hydrogen-bond donors (Lipinski definition) is 1. The Morgan fingerprint density at radius 1 is 0.630 bits per heavy atom. The van der Waals surface area contributed by atoms with Crippen LogP contribution in [-0.2, 0) is 41.3 Å². The molecule has 8 rings (SSSR count). The van der Waals surface area contributed by atoms with Gasteiger partial charge in [0.2, 0.25) is 0 Å². The van der Waals surface area contributed by atoms with Crippen molar-refractivity contribution < 1.29 is 14.3 Å². The molecule has 6 aromatic rings. The molecule has 0 saturated heterocycles. The predicted octanol–water partition coefficient (Wildman–Crippen LogP) is 19.4. The molecule has 2 aliphatic rings. The van der Waals surface area contributed by atoms with Crippen LogP contribution in [0.2, 0.25) is 0 Å². The SMILES string of the molecule is CCCCCCc1cc(-c2sc(-c3sc(-c4sc(-c5cc6cc7c8c(c6oc5=O)C(C)(C)CCN8CCC7(C)C)cc4CCCCCC)cc3CCCCCC)cc2CCCCCC)sc1/C=C(\C#N)C(=O)O. The van der Waals surface area contributed by atoms with Gasteiger partial charge in [0.05, 0.1) is 5.56 Å². The molecule has 73 heavy (non-hydrogen) atoms. The van der Waals surface area contributed by atoms with Gasteiger partial charge in [-0.1, -0.05) is 132 Å². The first-order chi connectivity index (χ1) is 35.2. The summed E-state index contributed by atoms with van der Waals surface area (Å²) in [5.41, 5.74) is 9.99. The van der Waals surface area contributed by atoms with Crippen LogP contribution in [0.25, 0.3) is 56.7 Å². The van der Waals surface area contributed by atoms with Crippen molar-refractivity contribution in [3.05, 3.63) is 90.6 Å². The summed E-state index contributed by atoms with van der Waals surface area (Å²) in [6.45, 7) is 20.5. The van der Waals surface area contributed by atoms with Crippen LogP contribution in [0, 0.1) is 11.3 Å². The maximum absolute atomic E-state index is 14.5. The number of anilines is 1. The van der Waals surface area contributed by atoms with Crippen LogP contribution in [0.5, 0.6) is 0 Å². The van der Waals surface area contributed by atoms with Crippen LogP contribution in [0.3, 0.4) is 0 Å². The second-order valence-corrected chi connectivity index (χ2v) is 26.6. The van der Waals surface area contributed by atoms with Gasteiger partial charge in [-0.25, -0.2) is 9.59 Å². The number of benzene rings is 1. The summed E-state index contributed by atoms with van der Waals surface area (Å²) in [6.07, 6.45) is 26.2. The van der Waals surface area contributed by atoms with Crippen LogP contribution in [-0.4, -0.2) is 24.2 Å². The van der Waals surface area contributed by atoms with Gasteiger partial charge in [-0.2, -0.15) is 5.26 Å². The fraction of sp³-hybridized carbons (Fsp3) is 0.540. The minimum absolute atomic E-state index is 0.0233. The summed E-state index contributed by atoms with van der Waals surface area (Å²) in [5.74, 6) is -1.18. The number of thiophene rings is 4. The second-order valence-electron chi connectivity index (χ2n) is 22.4. The van der Waals surface area contributed by atoms with Crippen molar-refractivity contribution in [1.29, 1.82) is 5.26 Å². The van der Waals surface area contributed by atoms with Crippen molar-refractivity contribution in [3.8, 4) is 45.8 Å². The Hall–Kier alpha value is -4.27. The highest BCUT2D eigenvalue weighted by atomic mass is 32.1. The molecule has 2 aliphatic heterocycles. The van der Waals surface area contributed by atoms with Gasteiger partial charge in [0, 0.05) is 68.7 Å². The lowest BCUT2D eigenvalue weighted by molar-refractivity contribution is -0.132. The molecule has 0 bridgehead atoms. The summed E-state index contributed by atoms with van der Waals surface area (Å²) in [6, 6.07) is 16.0. The van der Waals surface area contributed by atoms with E-state index in [0.29, 0.717) is 5.56 Å². The lowest BCUT2D eigenvalue weighted by Gasteiger charge is -2.48. The van der Waals surface area contributed by atoms with E-state index in [1.54, 1.807) is 28.7 Å². The van der Waals surface area contributed by atoms with E-state index in [-0.39, 0.29) is 22.0 Å². The number of nitriles is 1. The zero-order valence-electron chi connectivity index (χ0n) is 45.2. The molecule has 0 fully saturated rings. The molecule has 10 heteroatoms. The monoisotopic (exact) mass is 1060 g/mol. The van der Waals surface area contributed by atoms with E-state index >= 15 is 0 Å². The van der Waals surface area contributed by atoms with E-state index in [9.17, 15) is 20.0 Å². The molecule has 6 nitrogen and oxygen atoms in total. The summed E-state index contributed by atoms with van der Waals surface area (Å²) in [4.78, 5) is 38.7. The molecule has 1 N–H and O–H groups in total. The molecule has 0 saturated carbocycles. The summed E-state index contributed by atoms with van der Waals surface area (Å²) >= 11 is 7.23. The van der Waals surface area contributed by atoms with E-state index in [0.717, 1.165) is 116 Å². The third kappa shape index (κ3) is 12.4. The van der Waals surface area contributed by atoms with Gasteiger partial charge in [-0.05, 0) is 145 Å². The number of hydrogen-bond acceptors (Lipinski definition) is 9. The van der Waals surface area contributed by atoms with Gasteiger partial charge in [-0.15, -0.1) is 45.3 Å². The number of rotatable bonds is 26. The van der Waals surface area contributed by atoms with Gasteiger partial charge in [0.15, 0.2) is 0 Å². The molecular formula is C63H80N2O4S4. The van der Waals surface area contributed by atoms with E-state index in [4.69, 9.17) is 4.42 Å². The Morgan fingerprint density at radius 2 is 1.08 bits per heavy atom. The lowest BCUT2D eigenvalue weighted by atomic mass is 9.69. The summed E-state index contributed by atoms with van der Waals surface area (Å²) < 4.78 is 6.58. The normalized spacial score (nSPS) is 15.1. The quantitative estimate of drug-likeness (QED) is 0.0252. The second kappa shape index (κ2) is 24.6. The first kappa shape index (κ1) is 55.0. The van der Waals surface area contributed by atoms with Crippen molar-refractivity contribution in [3.63, 3.8) is 0 Å². The third-order valence-corrected chi connectivity index (χ3v) is 21.0. The Morgan fingerprint density at radius 3 is 1.58 bits per heavy atom. The van der Waals surface area contributed by atoms with E-state index in [1.807, 2.05) is 28.7 Å². The molecule has 7 heterocycles. The summed E-state index contributed by atoms with van der Waals surface area (Å²) in [7, 11) is 0. The van der Waals surface area contributed by atoms with Gasteiger partial charge >= 0.3 is 11.6 Å². The molecule has 0 aliphatic carbocycles. The Bertz CT molecular complexity index is 3010. The highest BCUT2D eigenvalue weighted by Gasteiger charge is 2.42. The maximum Gasteiger partial charge on any atom is 0.346 e. The topological polar surface area (TPSA) is 94.5 Å². The van der Waals surface area contributed by atoms with E-state index in [2.05, 4.69) is 96.7 Å². The number of unbranched alkanes of at least 4 members (excludes halogenated alkanes) is 12. The Labute approximate surface area is 452 Å². The van der Waals surface area contributed by atoms with Crippen LogP contribution < -0.4 is 10.5 Å². The molecule has 1 aromatic carbocycles. The van der Waals surface area contributed by atoms with Crippen molar-refractivity contribution in [1.82, 2.24) is 0 Å². The van der Waals surface area contributed by atoms with Crippen LogP contribution >= 0.6 is 45.3 Å². The van der Waals surface area contributed by atoms with Crippen molar-refractivity contribution in [2.75, 3.05) is 18.0 Å². The first-order valence-electron chi connectivity index (χ1n) is 28.0. The fourth-order valence-electron chi connectivity index (χ4n) is 11.3. The number of nitrogens with zero attached hydrogens (tertiary/aromatic N) is 2. The smallest absolute Gasteiger partial charge is 0.346 e. The van der Waals surface area contributed by atoms with Crippen molar-refractivity contribution in [2.24, 2.45) is 0 Å².